The van der Waals surface area contributed by atoms with Gasteiger partial charge in [-0.1, -0.05) is 25.5 Å². The fraction of sp³-hybridized carbons (Fsp3) is 0.389. The van der Waals surface area contributed by atoms with Gasteiger partial charge in [0.2, 0.25) is 0 Å². The fourth-order valence-corrected chi connectivity index (χ4v) is 2.35. The Kier molecular flexibility index (Phi) is 5.84. The molecule has 0 saturated carbocycles. The Morgan fingerprint density at radius 1 is 1.25 bits per heavy atom. The highest BCUT2D eigenvalue weighted by atomic mass is 19.1. The Hall–Kier alpha value is -2.50. The minimum Gasteiger partial charge on any atom is -0.334 e. The van der Waals surface area contributed by atoms with Gasteiger partial charge in [0.25, 0.3) is 11.5 Å². The van der Waals surface area contributed by atoms with Crippen LogP contribution in [-0.2, 0) is 6.54 Å². The number of hydrogen-bond acceptors (Lipinski definition) is 3. The summed E-state index contributed by atoms with van der Waals surface area (Å²) < 4.78 is 14.4. The molecule has 1 amide bonds. The van der Waals surface area contributed by atoms with Gasteiger partial charge in [0, 0.05) is 19.7 Å². The third-order valence-electron chi connectivity index (χ3n) is 4.06. The van der Waals surface area contributed by atoms with Crippen LogP contribution in [0.4, 0.5) is 4.39 Å². The van der Waals surface area contributed by atoms with Gasteiger partial charge >= 0.3 is 0 Å². The number of aromatic nitrogens is 2. The predicted molar refractivity (Wildman–Crippen MR) is 90.3 cm³/mol. The zero-order chi connectivity index (χ0) is 17.7. The van der Waals surface area contributed by atoms with E-state index in [0.29, 0.717) is 6.54 Å². The smallest absolute Gasteiger partial charge is 0.274 e. The molecule has 0 radical (unpaired) electrons. The summed E-state index contributed by atoms with van der Waals surface area (Å²) in [6.45, 7) is 4.38. The van der Waals surface area contributed by atoms with E-state index in [-0.39, 0.29) is 29.0 Å². The van der Waals surface area contributed by atoms with Gasteiger partial charge in [-0.2, -0.15) is 5.10 Å². The lowest BCUT2D eigenvalue weighted by atomic mass is 10.1. The third kappa shape index (κ3) is 4.07. The predicted octanol–water partition coefficient (Wildman–Crippen LogP) is 3.02. The van der Waals surface area contributed by atoms with Gasteiger partial charge in [0.05, 0.1) is 6.04 Å². The van der Waals surface area contributed by atoms with Crippen LogP contribution in [0.3, 0.4) is 0 Å². The van der Waals surface area contributed by atoms with Crippen LogP contribution in [-0.4, -0.2) is 27.6 Å². The zero-order valence-electron chi connectivity index (χ0n) is 14.2. The molecule has 0 saturated heterocycles. The zero-order valence-corrected chi connectivity index (χ0v) is 14.2. The van der Waals surface area contributed by atoms with Gasteiger partial charge < -0.3 is 4.90 Å². The maximum absolute atomic E-state index is 13.0. The van der Waals surface area contributed by atoms with E-state index in [1.807, 2.05) is 13.8 Å². The van der Waals surface area contributed by atoms with Crippen LogP contribution in [0.1, 0.15) is 48.8 Å². The Morgan fingerprint density at radius 3 is 2.54 bits per heavy atom. The van der Waals surface area contributed by atoms with E-state index < -0.39 is 0 Å². The highest BCUT2D eigenvalue weighted by Crippen LogP contribution is 2.20. The molecule has 5 nitrogen and oxygen atoms in total. The molecular weight excluding hydrogens is 309 g/mol. The van der Waals surface area contributed by atoms with Crippen molar-refractivity contribution in [2.24, 2.45) is 0 Å². The van der Waals surface area contributed by atoms with E-state index in [2.05, 4.69) is 5.10 Å². The summed E-state index contributed by atoms with van der Waals surface area (Å²) in [7, 11) is 1.67. The van der Waals surface area contributed by atoms with Crippen molar-refractivity contribution in [3.05, 3.63) is 63.8 Å². The number of benzene rings is 1. The van der Waals surface area contributed by atoms with Crippen molar-refractivity contribution in [3.8, 4) is 0 Å². The number of amides is 1. The summed E-state index contributed by atoms with van der Waals surface area (Å²) in [4.78, 5) is 26.0. The standard InChI is InChI=1S/C18H22FN3O2/c1-4-5-12-22-17(23)11-10-16(20-22)18(24)21(3)13(2)14-6-8-15(19)9-7-14/h6-11,13H,4-5,12H2,1-3H3. The van der Waals surface area contributed by atoms with Crippen molar-refractivity contribution in [1.82, 2.24) is 14.7 Å². The molecular formula is C18H22FN3O2. The minimum absolute atomic E-state index is 0.214. The van der Waals surface area contributed by atoms with Gasteiger partial charge in [0.15, 0.2) is 0 Å². The van der Waals surface area contributed by atoms with E-state index >= 15 is 0 Å². The van der Waals surface area contributed by atoms with Crippen molar-refractivity contribution in [3.63, 3.8) is 0 Å². The first kappa shape index (κ1) is 17.8. The molecule has 1 aromatic carbocycles. The van der Waals surface area contributed by atoms with Crippen molar-refractivity contribution in [2.75, 3.05) is 7.05 Å². The quantitative estimate of drug-likeness (QED) is 0.817. The van der Waals surface area contributed by atoms with E-state index in [1.54, 1.807) is 19.2 Å². The number of hydrogen-bond donors (Lipinski definition) is 0. The van der Waals surface area contributed by atoms with Crippen molar-refractivity contribution in [1.29, 1.82) is 0 Å². The van der Waals surface area contributed by atoms with Crippen molar-refractivity contribution in [2.45, 2.75) is 39.3 Å². The first-order chi connectivity index (χ1) is 11.4. The summed E-state index contributed by atoms with van der Waals surface area (Å²) in [6, 6.07) is 8.61. The number of aryl methyl sites for hydroxylation is 1. The highest BCUT2D eigenvalue weighted by Gasteiger charge is 2.20. The monoisotopic (exact) mass is 331 g/mol. The van der Waals surface area contributed by atoms with Gasteiger partial charge in [-0.25, -0.2) is 9.07 Å². The lowest BCUT2D eigenvalue weighted by Crippen LogP contribution is -2.33. The normalized spacial score (nSPS) is 12.0. The molecule has 6 heteroatoms. The maximum Gasteiger partial charge on any atom is 0.274 e. The van der Waals surface area contributed by atoms with Crippen LogP contribution in [0, 0.1) is 5.82 Å². The van der Waals surface area contributed by atoms with Crippen molar-refractivity contribution < 1.29 is 9.18 Å². The Bertz CT molecular complexity index is 756. The largest absolute Gasteiger partial charge is 0.334 e. The number of halogens is 1. The molecule has 0 aliphatic rings. The van der Waals surface area contributed by atoms with E-state index in [0.717, 1.165) is 18.4 Å². The van der Waals surface area contributed by atoms with E-state index in [1.165, 1.54) is 33.8 Å². The Labute approximate surface area is 140 Å². The molecule has 24 heavy (non-hydrogen) atoms. The molecule has 0 fully saturated rings. The number of rotatable bonds is 6. The fourth-order valence-electron chi connectivity index (χ4n) is 2.35. The molecule has 1 heterocycles. The number of carbonyl (C=O) groups excluding carboxylic acids is 1. The van der Waals surface area contributed by atoms with Crippen LogP contribution in [0.25, 0.3) is 0 Å². The second-order valence-corrected chi connectivity index (χ2v) is 5.78. The molecule has 0 spiro atoms. The summed E-state index contributed by atoms with van der Waals surface area (Å²) in [5, 5.41) is 4.17. The molecule has 1 aromatic heterocycles. The second-order valence-electron chi connectivity index (χ2n) is 5.78. The summed E-state index contributed by atoms with van der Waals surface area (Å²) in [5.74, 6) is -0.596. The first-order valence-electron chi connectivity index (χ1n) is 8.04. The summed E-state index contributed by atoms with van der Waals surface area (Å²) >= 11 is 0. The average Bonchev–Trinajstić information content (AvgIpc) is 2.60. The highest BCUT2D eigenvalue weighted by molar-refractivity contribution is 5.92. The van der Waals surface area contributed by atoms with Gasteiger partial charge in [-0.05, 0) is 37.1 Å². The van der Waals surface area contributed by atoms with E-state index in [9.17, 15) is 14.0 Å². The Morgan fingerprint density at radius 2 is 1.92 bits per heavy atom. The third-order valence-corrected chi connectivity index (χ3v) is 4.06. The van der Waals surface area contributed by atoms with Gasteiger partial charge in [0.1, 0.15) is 11.5 Å². The SMILES string of the molecule is CCCCn1nc(C(=O)N(C)C(C)c2ccc(F)cc2)ccc1=O. The molecule has 1 unspecified atom stereocenters. The van der Waals surface area contributed by atoms with Crippen LogP contribution < -0.4 is 5.56 Å². The number of nitrogens with zero attached hydrogens (tertiary/aromatic N) is 3. The van der Waals surface area contributed by atoms with Crippen LogP contribution >= 0.6 is 0 Å². The molecule has 0 bridgehead atoms. The Balaban J connectivity index is 2.20. The molecule has 0 aliphatic heterocycles. The molecule has 2 rings (SSSR count). The molecule has 128 valence electrons. The van der Waals surface area contributed by atoms with Crippen LogP contribution in [0.2, 0.25) is 0 Å². The maximum atomic E-state index is 13.0. The number of unbranched alkanes of at least 4 members (excludes halogenated alkanes) is 1. The molecule has 0 N–H and O–H groups in total. The minimum atomic E-state index is -0.315. The molecule has 1 atom stereocenters. The van der Waals surface area contributed by atoms with Crippen LogP contribution in [0.15, 0.2) is 41.2 Å². The van der Waals surface area contributed by atoms with Gasteiger partial charge in [-0.3, -0.25) is 9.59 Å². The molecule has 0 aliphatic carbocycles. The first-order valence-corrected chi connectivity index (χ1v) is 8.04. The van der Waals surface area contributed by atoms with Crippen molar-refractivity contribution >= 4 is 5.91 Å². The topological polar surface area (TPSA) is 55.2 Å². The number of carbonyl (C=O) groups is 1. The summed E-state index contributed by atoms with van der Waals surface area (Å²) in [5.41, 5.74) is 0.836. The lowest BCUT2D eigenvalue weighted by Gasteiger charge is -2.25. The molecule has 2 aromatic rings. The summed E-state index contributed by atoms with van der Waals surface area (Å²) in [6.07, 6.45) is 1.76. The second kappa shape index (κ2) is 7.86. The van der Waals surface area contributed by atoms with Crippen LogP contribution in [0.5, 0.6) is 0 Å². The van der Waals surface area contributed by atoms with Gasteiger partial charge in [-0.15, -0.1) is 0 Å². The average molecular weight is 331 g/mol. The lowest BCUT2D eigenvalue weighted by molar-refractivity contribution is 0.0733. The van der Waals surface area contributed by atoms with E-state index in [4.69, 9.17) is 0 Å².